The van der Waals surface area contributed by atoms with Crippen LogP contribution in [0, 0.1) is 0 Å². The Kier molecular flexibility index (Phi) is 5.93. The van der Waals surface area contributed by atoms with Gasteiger partial charge in [0.05, 0.1) is 29.8 Å². The fraction of sp³-hybridized carbons (Fsp3) is 0.261. The van der Waals surface area contributed by atoms with Crippen molar-refractivity contribution in [2.75, 3.05) is 32.8 Å². The molecular weight excluding hydrogens is 448 g/mol. The standard InChI is InChI=1S/C23H21ClN4O3S/c24-15-6-7-18-17(14-15)19(21(29)26-18)20-22(30)28(9-8-27-10-12-31-13-11-27)23(32-20)25-16-4-2-1-3-5-16/h1-7,14,30H,8-13H2. The minimum Gasteiger partial charge on any atom is -0.493 e. The summed E-state index contributed by atoms with van der Waals surface area (Å²) in [6.07, 6.45) is 0. The highest BCUT2D eigenvalue weighted by Crippen LogP contribution is 2.29. The third-order valence-electron chi connectivity index (χ3n) is 5.50. The third-order valence-corrected chi connectivity index (χ3v) is 6.82. The molecule has 3 aromatic rings. The molecule has 5 rings (SSSR count). The molecule has 9 heteroatoms. The van der Waals surface area contributed by atoms with Gasteiger partial charge in [0, 0.05) is 36.4 Å². The number of para-hydroxylation sites is 1. The summed E-state index contributed by atoms with van der Waals surface area (Å²) in [5.74, 6) is -0.366. The van der Waals surface area contributed by atoms with Gasteiger partial charge < -0.3 is 9.84 Å². The summed E-state index contributed by atoms with van der Waals surface area (Å²) in [5.41, 5.74) is 1.14. The molecule has 1 fully saturated rings. The molecule has 7 nitrogen and oxygen atoms in total. The van der Waals surface area contributed by atoms with Crippen LogP contribution in [0.2, 0.25) is 5.02 Å². The molecule has 0 spiro atoms. The number of halogens is 1. The normalized spacial score (nSPS) is 17.0. The molecule has 1 saturated heterocycles. The lowest BCUT2D eigenvalue weighted by Crippen LogP contribution is -2.38. The minimum absolute atomic E-state index is 0.0179. The number of hydrogen-bond donors (Lipinski definition) is 1. The Labute approximate surface area is 193 Å². The quantitative estimate of drug-likeness (QED) is 0.619. The number of aromatic hydroxyl groups is 1. The van der Waals surface area contributed by atoms with Crippen molar-refractivity contribution >= 4 is 40.1 Å². The first-order valence-corrected chi connectivity index (χ1v) is 11.6. The van der Waals surface area contributed by atoms with Crippen molar-refractivity contribution < 1.29 is 14.6 Å². The Balaban J connectivity index is 1.63. The summed E-state index contributed by atoms with van der Waals surface area (Å²) in [7, 11) is 0. The number of carbonyl (C=O) groups is 1. The van der Waals surface area contributed by atoms with Crippen LogP contribution in [-0.4, -0.2) is 53.3 Å². The van der Waals surface area contributed by atoms with Gasteiger partial charge in [0.15, 0.2) is 4.80 Å². The molecule has 2 aromatic carbocycles. The molecule has 1 amide bonds. The number of thiazole rings is 1. The van der Waals surface area contributed by atoms with Crippen LogP contribution in [0.15, 0.2) is 58.5 Å². The molecule has 3 heterocycles. The Morgan fingerprint density at radius 1 is 1.12 bits per heavy atom. The number of hydrogen-bond acceptors (Lipinski definition) is 6. The van der Waals surface area contributed by atoms with Gasteiger partial charge in [-0.2, -0.15) is 0 Å². The lowest BCUT2D eigenvalue weighted by Gasteiger charge is -2.26. The number of morpholine rings is 1. The molecule has 1 aromatic heterocycles. The number of carbonyl (C=O) groups excluding carboxylic acids is 1. The van der Waals surface area contributed by atoms with Gasteiger partial charge in [-0.3, -0.25) is 14.3 Å². The van der Waals surface area contributed by atoms with Crippen molar-refractivity contribution in [3.05, 3.63) is 73.8 Å². The van der Waals surface area contributed by atoms with E-state index >= 15 is 0 Å². The zero-order chi connectivity index (χ0) is 22.1. The van der Waals surface area contributed by atoms with Gasteiger partial charge >= 0.3 is 0 Å². The van der Waals surface area contributed by atoms with E-state index in [0.717, 1.165) is 25.3 Å². The maximum atomic E-state index is 12.8. The van der Waals surface area contributed by atoms with Crippen LogP contribution in [0.1, 0.15) is 4.88 Å². The van der Waals surface area contributed by atoms with Gasteiger partial charge in [0.1, 0.15) is 4.88 Å². The predicted molar refractivity (Wildman–Crippen MR) is 123 cm³/mol. The van der Waals surface area contributed by atoms with Crippen LogP contribution in [0.4, 0.5) is 5.69 Å². The summed E-state index contributed by atoms with van der Waals surface area (Å²) in [4.78, 5) is 25.0. The Morgan fingerprint density at radius 2 is 1.91 bits per heavy atom. The molecular formula is C23H21ClN4O3S. The van der Waals surface area contributed by atoms with Crippen LogP contribution >= 0.6 is 22.9 Å². The van der Waals surface area contributed by atoms with Gasteiger partial charge in [0.2, 0.25) is 5.88 Å². The molecule has 32 heavy (non-hydrogen) atoms. The summed E-state index contributed by atoms with van der Waals surface area (Å²) in [6.45, 7) is 4.39. The lowest BCUT2D eigenvalue weighted by molar-refractivity contribution is -0.112. The number of nitrogens with zero attached hydrogens (tertiary/aromatic N) is 4. The Morgan fingerprint density at radius 3 is 2.69 bits per heavy atom. The second-order valence-corrected chi connectivity index (χ2v) is 8.96. The Bertz CT molecular complexity index is 1360. The SMILES string of the molecule is O=C1N=c2ccc(Cl)cc2=C1c1sc(=Nc2ccccc2)n(CCN2CCOCC2)c1O. The highest BCUT2D eigenvalue weighted by Gasteiger charge is 2.26. The van der Waals surface area contributed by atoms with E-state index in [1.54, 1.807) is 22.8 Å². The minimum atomic E-state index is -0.384. The molecule has 1 N–H and O–H groups in total. The average Bonchev–Trinajstić information content (AvgIpc) is 3.28. The first kappa shape index (κ1) is 21.1. The maximum Gasteiger partial charge on any atom is 0.279 e. The van der Waals surface area contributed by atoms with Crippen LogP contribution in [0.3, 0.4) is 0 Å². The number of fused-ring (bicyclic) bond motifs is 1. The van der Waals surface area contributed by atoms with E-state index in [2.05, 4.69) is 9.89 Å². The topological polar surface area (TPSA) is 79.4 Å². The molecule has 0 saturated carbocycles. The molecule has 0 unspecified atom stereocenters. The number of amides is 1. The van der Waals surface area contributed by atoms with E-state index in [9.17, 15) is 9.90 Å². The van der Waals surface area contributed by atoms with Crippen molar-refractivity contribution in [3.63, 3.8) is 0 Å². The largest absolute Gasteiger partial charge is 0.493 e. The molecule has 0 atom stereocenters. The van der Waals surface area contributed by atoms with E-state index in [0.29, 0.717) is 50.6 Å². The number of benzene rings is 2. The number of aromatic nitrogens is 1. The smallest absolute Gasteiger partial charge is 0.279 e. The fourth-order valence-corrected chi connectivity index (χ4v) is 5.13. The van der Waals surface area contributed by atoms with Crippen molar-refractivity contribution in [1.29, 1.82) is 0 Å². The Hall–Kier alpha value is -2.78. The summed E-state index contributed by atoms with van der Waals surface area (Å²) in [6, 6.07) is 14.7. The van der Waals surface area contributed by atoms with Gasteiger partial charge in [-0.15, -0.1) is 0 Å². The molecule has 2 aliphatic heterocycles. The molecule has 0 radical (unpaired) electrons. The van der Waals surface area contributed by atoms with Crippen molar-refractivity contribution in [1.82, 2.24) is 9.47 Å². The van der Waals surface area contributed by atoms with Crippen molar-refractivity contribution in [2.24, 2.45) is 9.98 Å². The number of rotatable bonds is 5. The van der Waals surface area contributed by atoms with E-state index in [-0.39, 0.29) is 11.8 Å². The fourth-order valence-electron chi connectivity index (χ4n) is 3.84. The van der Waals surface area contributed by atoms with Gasteiger partial charge in [-0.25, -0.2) is 9.98 Å². The lowest BCUT2D eigenvalue weighted by atomic mass is 10.1. The summed E-state index contributed by atoms with van der Waals surface area (Å²) >= 11 is 7.46. The zero-order valence-electron chi connectivity index (χ0n) is 17.2. The molecule has 2 aliphatic rings. The predicted octanol–water partition coefficient (Wildman–Crippen LogP) is 1.83. The van der Waals surface area contributed by atoms with E-state index in [4.69, 9.17) is 21.3 Å². The highest BCUT2D eigenvalue weighted by molar-refractivity contribution is 7.11. The van der Waals surface area contributed by atoms with Crippen LogP contribution in [-0.2, 0) is 16.1 Å². The molecule has 164 valence electrons. The number of ether oxygens (including phenoxy) is 1. The van der Waals surface area contributed by atoms with Gasteiger partial charge in [0.25, 0.3) is 5.91 Å². The third kappa shape index (κ3) is 4.14. The molecule has 0 aliphatic carbocycles. The van der Waals surface area contributed by atoms with Gasteiger partial charge in [-0.1, -0.05) is 41.1 Å². The van der Waals surface area contributed by atoms with Crippen LogP contribution in [0.5, 0.6) is 5.88 Å². The van der Waals surface area contributed by atoms with Crippen molar-refractivity contribution in [3.8, 4) is 5.88 Å². The van der Waals surface area contributed by atoms with E-state index in [1.807, 2.05) is 30.3 Å². The highest BCUT2D eigenvalue weighted by atomic mass is 35.5. The van der Waals surface area contributed by atoms with Crippen LogP contribution < -0.4 is 15.4 Å². The van der Waals surface area contributed by atoms with Crippen molar-refractivity contribution in [2.45, 2.75) is 6.54 Å². The van der Waals surface area contributed by atoms with E-state index < -0.39 is 0 Å². The summed E-state index contributed by atoms with van der Waals surface area (Å²) in [5, 5.41) is 12.9. The maximum absolute atomic E-state index is 12.8. The van der Waals surface area contributed by atoms with Gasteiger partial charge in [-0.05, 0) is 30.3 Å². The first-order valence-electron chi connectivity index (χ1n) is 10.4. The molecule has 0 bridgehead atoms. The monoisotopic (exact) mass is 468 g/mol. The first-order chi connectivity index (χ1) is 15.6. The van der Waals surface area contributed by atoms with E-state index in [1.165, 1.54) is 11.3 Å². The van der Waals surface area contributed by atoms with Crippen LogP contribution in [0.25, 0.3) is 5.57 Å². The second kappa shape index (κ2) is 8.99. The summed E-state index contributed by atoms with van der Waals surface area (Å²) < 4.78 is 7.20. The zero-order valence-corrected chi connectivity index (χ0v) is 18.8. The second-order valence-electron chi connectivity index (χ2n) is 7.54. The average molecular weight is 469 g/mol.